The number of carbonyl (C=O) groups excluding carboxylic acids is 1. The fraction of sp³-hybridized carbons (Fsp3) is 0.545. The molecule has 1 aromatic rings. The molecule has 3 rings (SSSR count). The Kier molecular flexibility index (Phi) is 8.69. The molecule has 2 aliphatic rings. The minimum absolute atomic E-state index is 0.326. The predicted molar refractivity (Wildman–Crippen MR) is 119 cm³/mol. The number of rotatable bonds is 8. The monoisotopic (exact) mass is 434 g/mol. The van der Waals surface area contributed by atoms with Crippen LogP contribution in [-0.2, 0) is 14.4 Å². The summed E-state index contributed by atoms with van der Waals surface area (Å²) >= 11 is 6.40. The third-order valence-electron chi connectivity index (χ3n) is 5.09. The van der Waals surface area contributed by atoms with Crippen LogP contribution in [0.2, 0.25) is 5.02 Å². The van der Waals surface area contributed by atoms with Gasteiger partial charge in [0.25, 0.3) is 5.91 Å². The van der Waals surface area contributed by atoms with Crippen molar-refractivity contribution in [2.75, 3.05) is 31.6 Å². The SMILES string of the molecule is CC(C)=CCN1CC[C@@H](Nc2ncc(/C=C/C(=O)NOC3CCCCO3)cc2Cl)C1. The molecule has 2 fully saturated rings. The van der Waals surface area contributed by atoms with Crippen LogP contribution < -0.4 is 10.8 Å². The number of nitrogens with one attached hydrogen (secondary N) is 2. The van der Waals surface area contributed by atoms with Crippen LogP contribution in [0, 0.1) is 0 Å². The highest BCUT2D eigenvalue weighted by Crippen LogP contribution is 2.23. The van der Waals surface area contributed by atoms with Gasteiger partial charge in [0.15, 0.2) is 6.29 Å². The molecule has 8 heteroatoms. The molecule has 1 amide bonds. The summed E-state index contributed by atoms with van der Waals surface area (Å²) in [6.45, 7) is 7.90. The van der Waals surface area contributed by atoms with E-state index >= 15 is 0 Å². The van der Waals surface area contributed by atoms with Crippen molar-refractivity contribution in [1.82, 2.24) is 15.4 Å². The first-order chi connectivity index (χ1) is 14.5. The highest BCUT2D eigenvalue weighted by molar-refractivity contribution is 6.33. The van der Waals surface area contributed by atoms with Gasteiger partial charge in [-0.05, 0) is 50.8 Å². The lowest BCUT2D eigenvalue weighted by Crippen LogP contribution is -2.32. The maximum Gasteiger partial charge on any atom is 0.267 e. The van der Waals surface area contributed by atoms with E-state index in [1.807, 2.05) is 0 Å². The molecule has 7 nitrogen and oxygen atoms in total. The topological polar surface area (TPSA) is 75.7 Å². The lowest BCUT2D eigenvalue weighted by molar-refractivity contribution is -0.198. The number of hydrogen-bond acceptors (Lipinski definition) is 6. The maximum atomic E-state index is 11.9. The zero-order valence-corrected chi connectivity index (χ0v) is 18.5. The second-order valence-electron chi connectivity index (χ2n) is 7.98. The summed E-state index contributed by atoms with van der Waals surface area (Å²) in [4.78, 5) is 24.0. The predicted octanol–water partition coefficient (Wildman–Crippen LogP) is 3.78. The van der Waals surface area contributed by atoms with Crippen molar-refractivity contribution in [3.8, 4) is 0 Å². The number of nitrogens with zero attached hydrogens (tertiary/aromatic N) is 2. The van der Waals surface area contributed by atoms with Gasteiger partial charge in [0.1, 0.15) is 5.82 Å². The number of hydroxylamine groups is 1. The Labute approximate surface area is 183 Å². The molecule has 0 aromatic carbocycles. The second kappa shape index (κ2) is 11.5. The van der Waals surface area contributed by atoms with Crippen molar-refractivity contribution in [2.45, 2.75) is 51.9 Å². The summed E-state index contributed by atoms with van der Waals surface area (Å²) < 4.78 is 5.40. The molecule has 2 atom stereocenters. The van der Waals surface area contributed by atoms with Crippen molar-refractivity contribution in [3.05, 3.63) is 40.6 Å². The first-order valence-corrected chi connectivity index (χ1v) is 10.9. The molecule has 0 spiro atoms. The Bertz CT molecular complexity index is 774. The molecule has 2 aliphatic heterocycles. The lowest BCUT2D eigenvalue weighted by Gasteiger charge is -2.21. The Morgan fingerprint density at radius 2 is 2.27 bits per heavy atom. The molecular weight excluding hydrogens is 404 g/mol. The van der Waals surface area contributed by atoms with Gasteiger partial charge in [-0.25, -0.2) is 15.3 Å². The molecule has 2 N–H and O–H groups in total. The number of amides is 1. The first-order valence-electron chi connectivity index (χ1n) is 10.5. The van der Waals surface area contributed by atoms with Gasteiger partial charge in [0.05, 0.1) is 5.02 Å². The molecular formula is C22H31ClN4O3. The van der Waals surface area contributed by atoms with Crippen molar-refractivity contribution >= 4 is 29.4 Å². The van der Waals surface area contributed by atoms with Crippen molar-refractivity contribution in [3.63, 3.8) is 0 Å². The molecule has 3 heterocycles. The average Bonchev–Trinajstić information content (AvgIpc) is 3.19. The molecule has 2 saturated heterocycles. The second-order valence-corrected chi connectivity index (χ2v) is 8.39. The van der Waals surface area contributed by atoms with E-state index in [-0.39, 0.29) is 12.2 Å². The molecule has 164 valence electrons. The summed E-state index contributed by atoms with van der Waals surface area (Å²) in [5, 5.41) is 3.97. The molecule has 0 bridgehead atoms. The summed E-state index contributed by atoms with van der Waals surface area (Å²) in [5.41, 5.74) is 4.47. The molecule has 1 unspecified atom stereocenters. The lowest BCUT2D eigenvalue weighted by atomic mass is 10.2. The van der Waals surface area contributed by atoms with Gasteiger partial charge in [-0.15, -0.1) is 0 Å². The third kappa shape index (κ3) is 7.40. The number of halogens is 1. The van der Waals surface area contributed by atoms with Crippen molar-refractivity contribution in [1.29, 1.82) is 0 Å². The van der Waals surface area contributed by atoms with E-state index in [0.29, 0.717) is 23.5 Å². The Morgan fingerprint density at radius 1 is 1.40 bits per heavy atom. The number of hydrogen-bond donors (Lipinski definition) is 2. The fourth-order valence-corrected chi connectivity index (χ4v) is 3.63. The molecule has 30 heavy (non-hydrogen) atoms. The van der Waals surface area contributed by atoms with E-state index in [1.165, 1.54) is 11.6 Å². The largest absolute Gasteiger partial charge is 0.365 e. The van der Waals surface area contributed by atoms with Gasteiger partial charge in [-0.1, -0.05) is 23.3 Å². The Morgan fingerprint density at radius 3 is 3.00 bits per heavy atom. The fourth-order valence-electron chi connectivity index (χ4n) is 3.41. The van der Waals surface area contributed by atoms with Crippen molar-refractivity contribution in [2.24, 2.45) is 0 Å². The summed E-state index contributed by atoms with van der Waals surface area (Å²) in [6.07, 6.45) is 10.5. The number of pyridine rings is 1. The summed E-state index contributed by atoms with van der Waals surface area (Å²) in [6, 6.07) is 2.12. The van der Waals surface area contributed by atoms with Crippen LogP contribution in [0.5, 0.6) is 0 Å². The van der Waals surface area contributed by atoms with Gasteiger partial charge >= 0.3 is 0 Å². The van der Waals surface area contributed by atoms with Crippen LogP contribution in [-0.4, -0.2) is 54.4 Å². The minimum atomic E-state index is -0.369. The smallest absolute Gasteiger partial charge is 0.267 e. The van der Waals surface area contributed by atoms with E-state index in [9.17, 15) is 4.79 Å². The normalized spacial score (nSPS) is 22.2. The minimum Gasteiger partial charge on any atom is -0.365 e. The third-order valence-corrected chi connectivity index (χ3v) is 5.38. The van der Waals surface area contributed by atoms with Crippen LogP contribution in [0.1, 0.15) is 45.1 Å². The van der Waals surface area contributed by atoms with Gasteiger partial charge in [-0.3, -0.25) is 9.69 Å². The molecule has 1 aromatic heterocycles. The standard InChI is InChI=1S/C22H31ClN4O3/c1-16(2)8-10-27-11-9-18(15-27)25-22-19(23)13-17(14-24-22)6-7-20(28)26-30-21-5-3-4-12-29-21/h6-8,13-14,18,21H,3-5,9-12,15H2,1-2H3,(H,24,25)(H,26,28)/b7-6+/t18-,21?/m1/s1. The van der Waals surface area contributed by atoms with Crippen molar-refractivity contribution < 1.29 is 14.4 Å². The highest BCUT2D eigenvalue weighted by atomic mass is 35.5. The van der Waals surface area contributed by atoms with Crippen LogP contribution in [0.3, 0.4) is 0 Å². The van der Waals surface area contributed by atoms with Gasteiger partial charge in [-0.2, -0.15) is 0 Å². The molecule has 0 saturated carbocycles. The number of anilines is 1. The van der Waals surface area contributed by atoms with Crippen LogP contribution in [0.25, 0.3) is 6.08 Å². The van der Waals surface area contributed by atoms with Crippen LogP contribution >= 0.6 is 11.6 Å². The number of likely N-dealkylation sites (tertiary alicyclic amines) is 1. The van der Waals surface area contributed by atoms with Crippen LogP contribution in [0.4, 0.5) is 5.82 Å². The zero-order chi connectivity index (χ0) is 21.3. The number of allylic oxidation sites excluding steroid dienone is 1. The summed E-state index contributed by atoms with van der Waals surface area (Å²) in [5.74, 6) is 0.315. The Hall–Kier alpha value is -1.93. The van der Waals surface area contributed by atoms with Crippen LogP contribution in [0.15, 0.2) is 30.0 Å². The molecule has 0 radical (unpaired) electrons. The maximum absolute atomic E-state index is 11.9. The van der Waals surface area contributed by atoms with E-state index in [1.54, 1.807) is 18.3 Å². The van der Waals surface area contributed by atoms with E-state index in [2.05, 4.69) is 40.6 Å². The number of carbonyl (C=O) groups is 1. The first kappa shape index (κ1) is 22.7. The average molecular weight is 435 g/mol. The highest BCUT2D eigenvalue weighted by Gasteiger charge is 2.22. The van der Waals surface area contributed by atoms with Gasteiger partial charge < -0.3 is 10.1 Å². The molecule has 0 aliphatic carbocycles. The van der Waals surface area contributed by atoms with E-state index in [4.69, 9.17) is 21.2 Å². The number of aromatic nitrogens is 1. The zero-order valence-electron chi connectivity index (χ0n) is 17.7. The van der Waals surface area contributed by atoms with Gasteiger partial charge in [0.2, 0.25) is 0 Å². The Balaban J connectivity index is 1.46. The summed E-state index contributed by atoms with van der Waals surface area (Å²) in [7, 11) is 0. The van der Waals surface area contributed by atoms with Gasteiger partial charge in [0, 0.05) is 51.0 Å². The number of ether oxygens (including phenoxy) is 1. The van der Waals surface area contributed by atoms with E-state index < -0.39 is 0 Å². The van der Waals surface area contributed by atoms with E-state index in [0.717, 1.165) is 50.9 Å². The quantitative estimate of drug-likeness (QED) is 0.368.